The monoisotopic (exact) mass is 422 g/mol. The molecule has 5 rings (SSSR count). The van der Waals surface area contributed by atoms with E-state index in [4.69, 9.17) is 11.5 Å². The number of fused-ring (bicyclic) bond motifs is 2. The maximum absolute atomic E-state index is 11.7. The molecule has 2 aromatic heterocycles. The standard InChI is InChI=1S/C25H22N6O/c1-31(14-15-6-3-2-4-7-15)22-11-16(10-21-19(22)13-29-30-21)17-8-5-9-18-23(26)20(25(27)32)12-28-24(17)18/h2-13H,14H2,1H3,(H2,26,28)(H2,27,32)(H,29,30). The smallest absolute Gasteiger partial charge is 0.252 e. The number of hydrogen-bond donors (Lipinski definition) is 3. The van der Waals surface area contributed by atoms with Crippen molar-refractivity contribution in [2.24, 2.45) is 5.73 Å². The molecule has 0 atom stereocenters. The average Bonchev–Trinajstić information content (AvgIpc) is 3.27. The number of aromatic nitrogens is 3. The second kappa shape index (κ2) is 7.70. The van der Waals surface area contributed by atoms with Crippen molar-refractivity contribution in [3.63, 3.8) is 0 Å². The Morgan fingerprint density at radius 3 is 2.62 bits per heavy atom. The van der Waals surface area contributed by atoms with Crippen LogP contribution in [0.1, 0.15) is 15.9 Å². The lowest BCUT2D eigenvalue weighted by molar-refractivity contribution is 0.100. The number of nitrogens with one attached hydrogen (secondary N) is 1. The molecule has 1 amide bonds. The maximum Gasteiger partial charge on any atom is 0.252 e. The van der Waals surface area contributed by atoms with Crippen LogP contribution in [0.3, 0.4) is 0 Å². The van der Waals surface area contributed by atoms with Crippen molar-refractivity contribution < 1.29 is 4.79 Å². The molecule has 158 valence electrons. The summed E-state index contributed by atoms with van der Waals surface area (Å²) in [6.07, 6.45) is 3.29. The van der Waals surface area contributed by atoms with E-state index in [1.54, 1.807) is 0 Å². The summed E-state index contributed by atoms with van der Waals surface area (Å²) < 4.78 is 0. The second-order valence-electron chi connectivity index (χ2n) is 7.82. The number of benzene rings is 3. The van der Waals surface area contributed by atoms with Gasteiger partial charge in [0.25, 0.3) is 5.91 Å². The second-order valence-corrected chi connectivity index (χ2v) is 7.82. The van der Waals surface area contributed by atoms with E-state index in [1.807, 2.05) is 42.6 Å². The largest absolute Gasteiger partial charge is 0.397 e. The van der Waals surface area contributed by atoms with E-state index >= 15 is 0 Å². The van der Waals surface area contributed by atoms with E-state index in [1.165, 1.54) is 11.8 Å². The van der Waals surface area contributed by atoms with E-state index < -0.39 is 5.91 Å². The normalized spacial score (nSPS) is 11.2. The Hall–Kier alpha value is -4.39. The lowest BCUT2D eigenvalue weighted by Gasteiger charge is -2.21. The molecule has 5 N–H and O–H groups in total. The molecule has 0 aliphatic carbocycles. The van der Waals surface area contributed by atoms with Crippen LogP contribution in [0, 0.1) is 0 Å². The summed E-state index contributed by atoms with van der Waals surface area (Å²) in [5.74, 6) is -0.592. The molecule has 32 heavy (non-hydrogen) atoms. The zero-order valence-electron chi connectivity index (χ0n) is 17.5. The van der Waals surface area contributed by atoms with Crippen LogP contribution in [0.4, 0.5) is 11.4 Å². The van der Waals surface area contributed by atoms with Crippen LogP contribution >= 0.6 is 0 Å². The fraction of sp³-hybridized carbons (Fsp3) is 0.0800. The summed E-state index contributed by atoms with van der Waals surface area (Å²) in [5, 5.41) is 9.08. The Kier molecular flexibility index (Phi) is 4.71. The number of hydrogen-bond acceptors (Lipinski definition) is 5. The minimum atomic E-state index is -0.592. The quantitative estimate of drug-likeness (QED) is 0.395. The summed E-state index contributed by atoms with van der Waals surface area (Å²) in [6.45, 7) is 0.757. The van der Waals surface area contributed by atoms with Gasteiger partial charge in [-0.3, -0.25) is 14.9 Å². The van der Waals surface area contributed by atoms with Crippen molar-refractivity contribution in [1.29, 1.82) is 0 Å². The number of nitrogens with two attached hydrogens (primary N) is 2. The Labute approximate surface area is 184 Å². The van der Waals surface area contributed by atoms with Gasteiger partial charge in [-0.2, -0.15) is 5.10 Å². The third kappa shape index (κ3) is 3.30. The minimum absolute atomic E-state index is 0.224. The number of anilines is 2. The zero-order valence-corrected chi connectivity index (χ0v) is 17.5. The number of H-pyrrole nitrogens is 1. The highest BCUT2D eigenvalue weighted by molar-refractivity contribution is 6.09. The SMILES string of the molecule is CN(Cc1ccccc1)c1cc(-c2cccc3c(N)c(C(N)=O)cnc23)cc2[nH]ncc12. The molecule has 2 heterocycles. The van der Waals surface area contributed by atoms with Crippen LogP contribution in [0.15, 0.2) is 73.1 Å². The van der Waals surface area contributed by atoms with Crippen LogP contribution in [0.25, 0.3) is 32.9 Å². The topological polar surface area (TPSA) is 114 Å². The highest BCUT2D eigenvalue weighted by atomic mass is 16.1. The van der Waals surface area contributed by atoms with Gasteiger partial charge in [0.15, 0.2) is 0 Å². The number of aromatic amines is 1. The highest BCUT2D eigenvalue weighted by Gasteiger charge is 2.16. The van der Waals surface area contributed by atoms with Gasteiger partial charge in [0.1, 0.15) is 0 Å². The van der Waals surface area contributed by atoms with Crippen molar-refractivity contribution in [2.45, 2.75) is 6.54 Å². The predicted molar refractivity (Wildman–Crippen MR) is 128 cm³/mol. The van der Waals surface area contributed by atoms with Gasteiger partial charge < -0.3 is 16.4 Å². The van der Waals surface area contributed by atoms with E-state index in [2.05, 4.69) is 51.4 Å². The highest BCUT2D eigenvalue weighted by Crippen LogP contribution is 2.36. The van der Waals surface area contributed by atoms with Crippen molar-refractivity contribution in [1.82, 2.24) is 15.2 Å². The lowest BCUT2D eigenvalue weighted by atomic mass is 9.98. The van der Waals surface area contributed by atoms with E-state index in [0.29, 0.717) is 16.6 Å². The van der Waals surface area contributed by atoms with Gasteiger partial charge in [-0.1, -0.05) is 48.5 Å². The molecule has 5 aromatic rings. The summed E-state index contributed by atoms with van der Waals surface area (Å²) in [5.41, 5.74) is 18.0. The Morgan fingerprint density at radius 1 is 1.03 bits per heavy atom. The first-order valence-electron chi connectivity index (χ1n) is 10.2. The van der Waals surface area contributed by atoms with E-state index in [9.17, 15) is 4.79 Å². The van der Waals surface area contributed by atoms with E-state index in [-0.39, 0.29) is 5.56 Å². The minimum Gasteiger partial charge on any atom is -0.397 e. The molecule has 0 spiro atoms. The third-order valence-corrected chi connectivity index (χ3v) is 5.73. The van der Waals surface area contributed by atoms with Crippen LogP contribution in [0.5, 0.6) is 0 Å². The van der Waals surface area contributed by atoms with E-state index in [0.717, 1.165) is 34.3 Å². The molecule has 0 aliphatic rings. The molecule has 0 saturated carbocycles. The number of pyridine rings is 1. The molecule has 0 aliphatic heterocycles. The number of rotatable bonds is 5. The van der Waals surface area contributed by atoms with Gasteiger partial charge in [-0.05, 0) is 23.3 Å². The molecular formula is C25H22N6O. The first-order chi connectivity index (χ1) is 15.5. The number of primary amides is 1. The molecule has 0 fully saturated rings. The fourth-order valence-electron chi connectivity index (χ4n) is 4.12. The number of para-hydroxylation sites is 1. The van der Waals surface area contributed by atoms with Gasteiger partial charge in [-0.15, -0.1) is 0 Å². The first kappa shape index (κ1) is 19.6. The van der Waals surface area contributed by atoms with Crippen molar-refractivity contribution in [3.8, 4) is 11.1 Å². The van der Waals surface area contributed by atoms with Crippen molar-refractivity contribution >= 4 is 39.1 Å². The number of nitrogen functional groups attached to an aromatic ring is 1. The predicted octanol–water partition coefficient (Wildman–Crippen LogP) is 4.10. The molecule has 7 nitrogen and oxygen atoms in total. The number of nitrogens with zero attached hydrogens (tertiary/aromatic N) is 3. The summed E-state index contributed by atoms with van der Waals surface area (Å²) in [7, 11) is 2.07. The number of amides is 1. The van der Waals surface area contributed by atoms with Gasteiger partial charge in [0.05, 0.1) is 28.5 Å². The van der Waals surface area contributed by atoms with Crippen LogP contribution in [0.2, 0.25) is 0 Å². The Morgan fingerprint density at radius 2 is 1.84 bits per heavy atom. The van der Waals surface area contributed by atoms with Gasteiger partial charge >= 0.3 is 0 Å². The van der Waals surface area contributed by atoms with Crippen LogP contribution in [-0.4, -0.2) is 28.1 Å². The molecule has 7 heteroatoms. The maximum atomic E-state index is 11.7. The number of carbonyl (C=O) groups is 1. The van der Waals surface area contributed by atoms with Crippen molar-refractivity contribution in [3.05, 3.63) is 84.2 Å². The van der Waals surface area contributed by atoms with Gasteiger partial charge in [0.2, 0.25) is 0 Å². The van der Waals surface area contributed by atoms with Crippen molar-refractivity contribution in [2.75, 3.05) is 17.7 Å². The zero-order chi connectivity index (χ0) is 22.2. The Balaban J connectivity index is 1.66. The molecular weight excluding hydrogens is 400 g/mol. The summed E-state index contributed by atoms with van der Waals surface area (Å²) in [6, 6.07) is 20.3. The third-order valence-electron chi connectivity index (χ3n) is 5.73. The Bertz CT molecular complexity index is 1460. The lowest BCUT2D eigenvalue weighted by Crippen LogP contribution is -2.16. The fourth-order valence-corrected chi connectivity index (χ4v) is 4.12. The van der Waals surface area contributed by atoms with Crippen LogP contribution in [-0.2, 0) is 6.54 Å². The summed E-state index contributed by atoms with van der Waals surface area (Å²) >= 11 is 0. The first-order valence-corrected chi connectivity index (χ1v) is 10.2. The molecule has 3 aromatic carbocycles. The van der Waals surface area contributed by atoms with Crippen LogP contribution < -0.4 is 16.4 Å². The number of carbonyl (C=O) groups excluding carboxylic acids is 1. The molecule has 0 unspecified atom stereocenters. The van der Waals surface area contributed by atoms with Gasteiger partial charge in [0, 0.05) is 41.8 Å². The van der Waals surface area contributed by atoms with Gasteiger partial charge in [-0.25, -0.2) is 0 Å². The molecule has 0 bridgehead atoms. The average molecular weight is 422 g/mol. The molecule has 0 saturated heterocycles. The summed E-state index contributed by atoms with van der Waals surface area (Å²) in [4.78, 5) is 18.4. The molecule has 0 radical (unpaired) electrons.